The zero-order chi connectivity index (χ0) is 14.5. The number of hydrogen-bond acceptors (Lipinski definition) is 2. The molecule has 0 aliphatic rings. The molecule has 2 heteroatoms. The summed E-state index contributed by atoms with van der Waals surface area (Å²) in [5.74, 6) is 0. The topological polar surface area (TPSA) is 15.3 Å². The second-order valence-corrected chi connectivity index (χ2v) is 5.56. The van der Waals surface area contributed by atoms with Crippen molar-refractivity contribution in [1.82, 2.24) is 10.2 Å². The summed E-state index contributed by atoms with van der Waals surface area (Å²) in [6.45, 7) is 10.4. The molecule has 0 saturated carbocycles. The third-order valence-electron chi connectivity index (χ3n) is 3.66. The predicted molar refractivity (Wildman–Crippen MR) is 89.0 cm³/mol. The normalized spacial score (nSPS) is 11.2. The van der Waals surface area contributed by atoms with Gasteiger partial charge in [-0.25, -0.2) is 0 Å². The Labute approximate surface area is 125 Å². The molecule has 1 N–H and O–H groups in total. The number of unbranched alkanes of at least 4 members (excludes halogenated alkanes) is 2. The highest BCUT2D eigenvalue weighted by atomic mass is 15.1. The van der Waals surface area contributed by atoms with Gasteiger partial charge in [0.25, 0.3) is 0 Å². The average molecular weight is 276 g/mol. The lowest BCUT2D eigenvalue weighted by Crippen LogP contribution is -2.29. The van der Waals surface area contributed by atoms with Crippen molar-refractivity contribution in [2.45, 2.75) is 52.5 Å². The second kappa shape index (κ2) is 11.9. The number of hydrogen-bond donors (Lipinski definition) is 1. The molecule has 0 aliphatic heterocycles. The van der Waals surface area contributed by atoms with Gasteiger partial charge in [-0.05, 0) is 51.0 Å². The van der Waals surface area contributed by atoms with E-state index in [1.807, 2.05) is 0 Å². The molecular formula is C18H32N2. The maximum absolute atomic E-state index is 3.54. The minimum Gasteiger partial charge on any atom is -0.313 e. The SMILES string of the molecule is CCCCN(CCCC)CCCNCc1ccccc1. The van der Waals surface area contributed by atoms with Crippen molar-refractivity contribution in [3.8, 4) is 0 Å². The molecule has 0 amide bonds. The second-order valence-electron chi connectivity index (χ2n) is 5.56. The summed E-state index contributed by atoms with van der Waals surface area (Å²) in [5, 5.41) is 3.54. The predicted octanol–water partition coefficient (Wildman–Crippen LogP) is 4.07. The lowest BCUT2D eigenvalue weighted by atomic mass is 10.2. The van der Waals surface area contributed by atoms with Crippen molar-refractivity contribution in [3.63, 3.8) is 0 Å². The summed E-state index contributed by atoms with van der Waals surface area (Å²) in [4.78, 5) is 2.64. The molecule has 0 bridgehead atoms. The van der Waals surface area contributed by atoms with Crippen LogP contribution in [0.25, 0.3) is 0 Å². The van der Waals surface area contributed by atoms with E-state index in [0.29, 0.717) is 0 Å². The van der Waals surface area contributed by atoms with Gasteiger partial charge in [0.1, 0.15) is 0 Å². The van der Waals surface area contributed by atoms with Gasteiger partial charge in [-0.1, -0.05) is 57.0 Å². The average Bonchev–Trinajstić information content (AvgIpc) is 2.50. The Morgan fingerprint density at radius 1 is 0.850 bits per heavy atom. The molecule has 0 unspecified atom stereocenters. The number of benzene rings is 1. The molecule has 0 radical (unpaired) electrons. The van der Waals surface area contributed by atoms with Gasteiger partial charge in [0.15, 0.2) is 0 Å². The van der Waals surface area contributed by atoms with E-state index in [-0.39, 0.29) is 0 Å². The Bertz CT molecular complexity index is 302. The van der Waals surface area contributed by atoms with E-state index in [4.69, 9.17) is 0 Å². The molecule has 0 aliphatic carbocycles. The van der Waals surface area contributed by atoms with Gasteiger partial charge >= 0.3 is 0 Å². The van der Waals surface area contributed by atoms with Gasteiger partial charge in [0.05, 0.1) is 0 Å². The molecule has 0 fully saturated rings. The van der Waals surface area contributed by atoms with Crippen LogP contribution in [0.1, 0.15) is 51.5 Å². The van der Waals surface area contributed by atoms with Crippen molar-refractivity contribution in [1.29, 1.82) is 0 Å². The fourth-order valence-corrected chi connectivity index (χ4v) is 2.36. The van der Waals surface area contributed by atoms with Crippen LogP contribution in [0, 0.1) is 0 Å². The summed E-state index contributed by atoms with van der Waals surface area (Å²) in [5.41, 5.74) is 1.38. The molecule has 0 spiro atoms. The first-order valence-electron chi connectivity index (χ1n) is 8.33. The van der Waals surface area contributed by atoms with Crippen LogP contribution < -0.4 is 5.32 Å². The fourth-order valence-electron chi connectivity index (χ4n) is 2.36. The fraction of sp³-hybridized carbons (Fsp3) is 0.667. The lowest BCUT2D eigenvalue weighted by Gasteiger charge is -2.21. The van der Waals surface area contributed by atoms with Crippen LogP contribution in [0.3, 0.4) is 0 Å². The maximum atomic E-state index is 3.54. The van der Waals surface area contributed by atoms with Crippen molar-refractivity contribution < 1.29 is 0 Å². The lowest BCUT2D eigenvalue weighted by molar-refractivity contribution is 0.261. The van der Waals surface area contributed by atoms with Gasteiger partial charge in [-0.2, -0.15) is 0 Å². The van der Waals surface area contributed by atoms with Crippen molar-refractivity contribution >= 4 is 0 Å². The zero-order valence-corrected chi connectivity index (χ0v) is 13.4. The van der Waals surface area contributed by atoms with Crippen molar-refractivity contribution in [2.24, 2.45) is 0 Å². The minimum absolute atomic E-state index is 0.991. The molecule has 114 valence electrons. The first-order valence-corrected chi connectivity index (χ1v) is 8.33. The monoisotopic (exact) mass is 276 g/mol. The maximum Gasteiger partial charge on any atom is 0.0205 e. The van der Waals surface area contributed by atoms with E-state index < -0.39 is 0 Å². The summed E-state index contributed by atoms with van der Waals surface area (Å²) in [6.07, 6.45) is 6.52. The Hall–Kier alpha value is -0.860. The molecule has 0 aromatic heterocycles. The van der Waals surface area contributed by atoms with E-state index in [0.717, 1.165) is 13.1 Å². The third kappa shape index (κ3) is 8.34. The van der Waals surface area contributed by atoms with Crippen LogP contribution in [-0.2, 0) is 6.54 Å². The molecule has 0 saturated heterocycles. The molecular weight excluding hydrogens is 244 g/mol. The summed E-state index contributed by atoms with van der Waals surface area (Å²) < 4.78 is 0. The summed E-state index contributed by atoms with van der Waals surface area (Å²) in [7, 11) is 0. The first kappa shape index (κ1) is 17.2. The highest BCUT2D eigenvalue weighted by Gasteiger charge is 2.03. The zero-order valence-electron chi connectivity index (χ0n) is 13.4. The third-order valence-corrected chi connectivity index (χ3v) is 3.66. The highest BCUT2D eigenvalue weighted by molar-refractivity contribution is 5.14. The van der Waals surface area contributed by atoms with Gasteiger partial charge in [-0.15, -0.1) is 0 Å². The molecule has 1 rings (SSSR count). The Morgan fingerprint density at radius 2 is 1.45 bits per heavy atom. The number of rotatable bonds is 12. The molecule has 1 aromatic rings. The van der Waals surface area contributed by atoms with Crippen molar-refractivity contribution in [2.75, 3.05) is 26.2 Å². The van der Waals surface area contributed by atoms with Crippen LogP contribution >= 0.6 is 0 Å². The smallest absolute Gasteiger partial charge is 0.0205 e. The van der Waals surface area contributed by atoms with Gasteiger partial charge < -0.3 is 10.2 Å². The van der Waals surface area contributed by atoms with E-state index in [9.17, 15) is 0 Å². The van der Waals surface area contributed by atoms with E-state index in [1.165, 1.54) is 57.3 Å². The molecule has 0 atom stereocenters. The Kier molecular flexibility index (Phi) is 10.3. The van der Waals surface area contributed by atoms with E-state index in [2.05, 4.69) is 54.4 Å². The van der Waals surface area contributed by atoms with Crippen LogP contribution in [-0.4, -0.2) is 31.1 Å². The van der Waals surface area contributed by atoms with E-state index >= 15 is 0 Å². The molecule has 2 nitrogen and oxygen atoms in total. The Balaban J connectivity index is 2.09. The highest BCUT2D eigenvalue weighted by Crippen LogP contribution is 2.01. The van der Waals surface area contributed by atoms with Gasteiger partial charge in [0.2, 0.25) is 0 Å². The van der Waals surface area contributed by atoms with Crippen LogP contribution in [0.2, 0.25) is 0 Å². The molecule has 0 heterocycles. The van der Waals surface area contributed by atoms with Crippen LogP contribution in [0.15, 0.2) is 30.3 Å². The number of nitrogens with one attached hydrogen (secondary N) is 1. The van der Waals surface area contributed by atoms with Crippen LogP contribution in [0.5, 0.6) is 0 Å². The van der Waals surface area contributed by atoms with Crippen molar-refractivity contribution in [3.05, 3.63) is 35.9 Å². The van der Waals surface area contributed by atoms with Gasteiger partial charge in [-0.3, -0.25) is 0 Å². The summed E-state index contributed by atoms with van der Waals surface area (Å²) in [6, 6.07) is 10.6. The number of nitrogens with zero attached hydrogens (tertiary/aromatic N) is 1. The summed E-state index contributed by atoms with van der Waals surface area (Å²) >= 11 is 0. The first-order chi connectivity index (χ1) is 9.86. The van der Waals surface area contributed by atoms with Crippen LogP contribution in [0.4, 0.5) is 0 Å². The minimum atomic E-state index is 0.991. The molecule has 20 heavy (non-hydrogen) atoms. The quantitative estimate of drug-likeness (QED) is 0.579. The molecule has 1 aromatic carbocycles. The largest absolute Gasteiger partial charge is 0.313 e. The van der Waals surface area contributed by atoms with Gasteiger partial charge in [0, 0.05) is 6.54 Å². The Morgan fingerprint density at radius 3 is 2.05 bits per heavy atom. The van der Waals surface area contributed by atoms with E-state index in [1.54, 1.807) is 0 Å². The standard InChI is InChI=1S/C18H32N2/c1-3-5-14-20(15-6-4-2)16-10-13-19-17-18-11-8-7-9-12-18/h7-9,11-12,19H,3-6,10,13-17H2,1-2H3.